The topological polar surface area (TPSA) is 38.1 Å². The summed E-state index contributed by atoms with van der Waals surface area (Å²) >= 11 is 3.48. The van der Waals surface area contributed by atoms with E-state index in [1.807, 2.05) is 41.2 Å². The average molecular weight is 317 g/mol. The molecule has 0 aliphatic rings. The molecule has 0 aliphatic heterocycles. The number of aromatic nitrogens is 2. The van der Waals surface area contributed by atoms with Crippen molar-refractivity contribution in [3.05, 3.63) is 64.3 Å². The zero-order valence-electron chi connectivity index (χ0n) is 10.3. The maximum absolute atomic E-state index is 9.40. The first-order valence-corrected chi connectivity index (χ1v) is 6.86. The molecule has 0 fully saturated rings. The summed E-state index contributed by atoms with van der Waals surface area (Å²) < 4.78 is 2.91. The van der Waals surface area contributed by atoms with Crippen LogP contribution < -0.4 is 0 Å². The van der Waals surface area contributed by atoms with Gasteiger partial charge in [-0.3, -0.25) is 4.68 Å². The number of halogens is 1. The fourth-order valence-corrected chi connectivity index (χ4v) is 2.72. The Morgan fingerprint density at radius 2 is 1.95 bits per heavy atom. The van der Waals surface area contributed by atoms with Gasteiger partial charge < -0.3 is 5.11 Å². The van der Waals surface area contributed by atoms with Crippen molar-refractivity contribution in [3.8, 4) is 0 Å². The lowest BCUT2D eigenvalue weighted by Crippen LogP contribution is -2.01. The Kier molecular flexibility index (Phi) is 3.36. The largest absolute Gasteiger partial charge is 0.392 e. The summed E-state index contributed by atoms with van der Waals surface area (Å²) in [6.45, 7) is 0.749. The fraction of sp³-hybridized carbons (Fsp3) is 0.133. The molecule has 0 amide bonds. The highest BCUT2D eigenvalue weighted by molar-refractivity contribution is 9.10. The second-order valence-corrected chi connectivity index (χ2v) is 5.36. The van der Waals surface area contributed by atoms with Gasteiger partial charge in [-0.15, -0.1) is 0 Å². The number of hydrogen-bond donors (Lipinski definition) is 1. The van der Waals surface area contributed by atoms with Crippen molar-refractivity contribution in [2.75, 3.05) is 0 Å². The van der Waals surface area contributed by atoms with Gasteiger partial charge in [0.05, 0.1) is 24.9 Å². The lowest BCUT2D eigenvalue weighted by molar-refractivity contribution is 0.283. The summed E-state index contributed by atoms with van der Waals surface area (Å²) in [7, 11) is 0. The van der Waals surface area contributed by atoms with E-state index in [4.69, 9.17) is 0 Å². The van der Waals surface area contributed by atoms with Gasteiger partial charge in [0.15, 0.2) is 0 Å². The summed E-state index contributed by atoms with van der Waals surface area (Å²) in [5.74, 6) is 0. The molecule has 3 nitrogen and oxygen atoms in total. The number of nitrogens with zero attached hydrogens (tertiary/aromatic N) is 2. The first-order valence-electron chi connectivity index (χ1n) is 6.06. The SMILES string of the molecule is OCc1cc(Br)cc2c1cnn2Cc1ccccc1. The van der Waals surface area contributed by atoms with Gasteiger partial charge in [0.1, 0.15) is 0 Å². The molecule has 0 aliphatic carbocycles. The Bertz CT molecular complexity index is 707. The van der Waals surface area contributed by atoms with Gasteiger partial charge in [-0.1, -0.05) is 46.3 Å². The predicted molar refractivity (Wildman–Crippen MR) is 78.9 cm³/mol. The number of fused-ring (bicyclic) bond motifs is 1. The lowest BCUT2D eigenvalue weighted by atomic mass is 10.1. The first kappa shape index (κ1) is 12.4. The molecule has 0 spiro atoms. The van der Waals surface area contributed by atoms with Gasteiger partial charge in [0.25, 0.3) is 0 Å². The second-order valence-electron chi connectivity index (χ2n) is 4.44. The van der Waals surface area contributed by atoms with Crippen LogP contribution in [-0.2, 0) is 13.2 Å². The molecule has 19 heavy (non-hydrogen) atoms. The maximum Gasteiger partial charge on any atom is 0.0701 e. The van der Waals surface area contributed by atoms with Crippen LogP contribution in [0.1, 0.15) is 11.1 Å². The van der Waals surface area contributed by atoms with Crippen molar-refractivity contribution >= 4 is 26.8 Å². The van der Waals surface area contributed by atoms with E-state index in [2.05, 4.69) is 33.2 Å². The normalized spacial score (nSPS) is 11.1. The summed E-state index contributed by atoms with van der Waals surface area (Å²) in [6.07, 6.45) is 1.82. The van der Waals surface area contributed by atoms with Crippen molar-refractivity contribution in [2.45, 2.75) is 13.2 Å². The molecular weight excluding hydrogens is 304 g/mol. The molecular formula is C15H13BrN2O. The minimum absolute atomic E-state index is 0.0208. The smallest absolute Gasteiger partial charge is 0.0701 e. The summed E-state index contributed by atoms with van der Waals surface area (Å²) in [5, 5.41) is 14.8. The van der Waals surface area contributed by atoms with Crippen LogP contribution >= 0.6 is 15.9 Å². The van der Waals surface area contributed by atoms with Crippen LogP contribution in [-0.4, -0.2) is 14.9 Å². The molecule has 0 saturated heterocycles. The Morgan fingerprint density at radius 1 is 1.16 bits per heavy atom. The van der Waals surface area contributed by atoms with Crippen LogP contribution in [0, 0.1) is 0 Å². The van der Waals surface area contributed by atoms with E-state index in [0.29, 0.717) is 0 Å². The standard InChI is InChI=1S/C15H13BrN2O/c16-13-6-12(10-19)14-8-17-18(15(14)7-13)9-11-4-2-1-3-5-11/h1-8,19H,9-10H2. The van der Waals surface area contributed by atoms with E-state index >= 15 is 0 Å². The Morgan fingerprint density at radius 3 is 2.68 bits per heavy atom. The second kappa shape index (κ2) is 5.15. The third-order valence-electron chi connectivity index (χ3n) is 3.16. The molecule has 0 unspecified atom stereocenters. The fourth-order valence-electron chi connectivity index (χ4n) is 2.22. The summed E-state index contributed by atoms with van der Waals surface area (Å²) in [4.78, 5) is 0. The Balaban J connectivity index is 2.08. The molecule has 0 atom stereocenters. The highest BCUT2D eigenvalue weighted by Gasteiger charge is 2.08. The molecule has 4 heteroatoms. The number of aliphatic hydroxyl groups is 1. The van der Waals surface area contributed by atoms with E-state index in [0.717, 1.165) is 27.5 Å². The number of aliphatic hydroxyl groups excluding tert-OH is 1. The molecule has 96 valence electrons. The Labute approximate surface area is 119 Å². The zero-order valence-corrected chi connectivity index (χ0v) is 11.8. The van der Waals surface area contributed by atoms with Crippen LogP contribution in [0.25, 0.3) is 10.9 Å². The monoisotopic (exact) mass is 316 g/mol. The lowest BCUT2D eigenvalue weighted by Gasteiger charge is -2.06. The highest BCUT2D eigenvalue weighted by Crippen LogP contribution is 2.25. The Hall–Kier alpha value is -1.65. The molecule has 0 radical (unpaired) electrons. The minimum Gasteiger partial charge on any atom is -0.392 e. The van der Waals surface area contributed by atoms with Crippen LogP contribution in [0.4, 0.5) is 0 Å². The molecule has 1 aromatic heterocycles. The first-order chi connectivity index (χ1) is 9.28. The summed E-state index contributed by atoms with van der Waals surface area (Å²) in [5.41, 5.74) is 3.13. The van der Waals surface area contributed by atoms with E-state index < -0.39 is 0 Å². The van der Waals surface area contributed by atoms with Crippen LogP contribution in [0.5, 0.6) is 0 Å². The van der Waals surface area contributed by atoms with Gasteiger partial charge in [-0.25, -0.2) is 0 Å². The molecule has 3 aromatic rings. The van der Waals surface area contributed by atoms with Crippen LogP contribution in [0.2, 0.25) is 0 Å². The van der Waals surface area contributed by atoms with E-state index in [9.17, 15) is 5.11 Å². The third kappa shape index (κ3) is 2.41. The van der Waals surface area contributed by atoms with E-state index in [-0.39, 0.29) is 6.61 Å². The van der Waals surface area contributed by atoms with Crippen molar-refractivity contribution in [1.29, 1.82) is 0 Å². The number of hydrogen-bond acceptors (Lipinski definition) is 2. The quantitative estimate of drug-likeness (QED) is 0.804. The van der Waals surface area contributed by atoms with Crippen molar-refractivity contribution in [3.63, 3.8) is 0 Å². The van der Waals surface area contributed by atoms with Gasteiger partial charge in [0.2, 0.25) is 0 Å². The predicted octanol–water partition coefficient (Wildman–Crippen LogP) is 3.34. The number of benzene rings is 2. The average Bonchev–Trinajstić information content (AvgIpc) is 2.82. The van der Waals surface area contributed by atoms with Gasteiger partial charge in [-0.2, -0.15) is 5.10 Å². The summed E-state index contributed by atoms with van der Waals surface area (Å²) in [6, 6.07) is 14.2. The van der Waals surface area contributed by atoms with Crippen molar-refractivity contribution < 1.29 is 5.11 Å². The molecule has 1 heterocycles. The van der Waals surface area contributed by atoms with Gasteiger partial charge in [-0.05, 0) is 23.3 Å². The van der Waals surface area contributed by atoms with E-state index in [1.165, 1.54) is 5.56 Å². The van der Waals surface area contributed by atoms with Crippen molar-refractivity contribution in [2.24, 2.45) is 0 Å². The maximum atomic E-state index is 9.40. The van der Waals surface area contributed by atoms with Gasteiger partial charge >= 0.3 is 0 Å². The van der Waals surface area contributed by atoms with Crippen LogP contribution in [0.3, 0.4) is 0 Å². The molecule has 0 bridgehead atoms. The van der Waals surface area contributed by atoms with Crippen molar-refractivity contribution in [1.82, 2.24) is 9.78 Å². The third-order valence-corrected chi connectivity index (χ3v) is 3.62. The molecule has 2 aromatic carbocycles. The number of rotatable bonds is 3. The van der Waals surface area contributed by atoms with Gasteiger partial charge in [0, 0.05) is 9.86 Å². The zero-order chi connectivity index (χ0) is 13.2. The van der Waals surface area contributed by atoms with Crippen LogP contribution in [0.15, 0.2) is 53.1 Å². The molecule has 3 rings (SSSR count). The highest BCUT2D eigenvalue weighted by atomic mass is 79.9. The van der Waals surface area contributed by atoms with E-state index in [1.54, 1.807) is 0 Å². The molecule has 1 N–H and O–H groups in total. The minimum atomic E-state index is 0.0208. The molecule has 0 saturated carbocycles.